The van der Waals surface area contributed by atoms with Gasteiger partial charge in [0.2, 0.25) is 0 Å². The fraction of sp³-hybridized carbons (Fsp3) is 0. The van der Waals surface area contributed by atoms with Crippen molar-refractivity contribution in [3.05, 3.63) is 151 Å². The predicted octanol–water partition coefficient (Wildman–Crippen LogP) is 10.3. The Labute approximate surface area is 264 Å². The van der Waals surface area contributed by atoms with Crippen molar-refractivity contribution in [2.45, 2.75) is 0 Å². The van der Waals surface area contributed by atoms with Gasteiger partial charge in [0, 0.05) is 38.5 Å². The molecule has 0 aliphatic heterocycles. The minimum Gasteiger partial charge on any atom is -0.451 e. The van der Waals surface area contributed by atoms with Gasteiger partial charge in [-0.2, -0.15) is 5.26 Å². The van der Waals surface area contributed by atoms with Crippen LogP contribution in [-0.2, 0) is 0 Å². The van der Waals surface area contributed by atoms with Crippen LogP contribution >= 0.6 is 0 Å². The van der Waals surface area contributed by atoms with Gasteiger partial charge in [0.15, 0.2) is 11.4 Å². The third-order valence-electron chi connectivity index (χ3n) is 8.65. The number of nitrogens with zero attached hydrogens (tertiary/aromatic N) is 4. The highest BCUT2D eigenvalue weighted by atomic mass is 16.3. The molecule has 0 fully saturated rings. The van der Waals surface area contributed by atoms with Gasteiger partial charge in [-0.1, -0.05) is 91.0 Å². The molecule has 0 unspecified atom stereocenters. The zero-order chi connectivity index (χ0) is 30.6. The maximum atomic E-state index is 9.31. The van der Waals surface area contributed by atoms with Crippen LogP contribution in [0.25, 0.3) is 83.3 Å². The number of furan rings is 1. The highest BCUT2D eigenvalue weighted by Gasteiger charge is 2.21. The van der Waals surface area contributed by atoms with Crippen molar-refractivity contribution in [2.24, 2.45) is 0 Å². The summed E-state index contributed by atoms with van der Waals surface area (Å²) in [4.78, 5) is 10.1. The first-order chi connectivity index (χ1) is 22.8. The lowest BCUT2D eigenvalue weighted by atomic mass is 10.0. The molecular weight excluding hydrogens is 564 g/mol. The SMILES string of the molecule is N#Cc1ccc(-c2nc(-c3ccccc3)c3oc4c(-c5cccc(-n6c7ccccc7c7ccccc76)c5)cccc4c3n2)cc1. The van der Waals surface area contributed by atoms with Gasteiger partial charge in [0.05, 0.1) is 22.7 Å². The monoisotopic (exact) mass is 588 g/mol. The lowest BCUT2D eigenvalue weighted by Crippen LogP contribution is -1.94. The van der Waals surface area contributed by atoms with Crippen LogP contribution in [0.4, 0.5) is 0 Å². The second-order valence-electron chi connectivity index (χ2n) is 11.3. The fourth-order valence-electron chi connectivity index (χ4n) is 6.52. The van der Waals surface area contributed by atoms with E-state index in [9.17, 15) is 5.26 Å². The molecule has 0 atom stereocenters. The van der Waals surface area contributed by atoms with Crippen LogP contribution in [0.5, 0.6) is 0 Å². The van der Waals surface area contributed by atoms with Gasteiger partial charge in [-0.05, 0) is 60.2 Å². The Morgan fingerprint density at radius 2 is 1.20 bits per heavy atom. The van der Waals surface area contributed by atoms with Gasteiger partial charge in [0.25, 0.3) is 0 Å². The lowest BCUT2D eigenvalue weighted by Gasteiger charge is -2.10. The maximum absolute atomic E-state index is 9.31. The summed E-state index contributed by atoms with van der Waals surface area (Å²) < 4.78 is 9.08. The highest BCUT2D eigenvalue weighted by Crippen LogP contribution is 2.40. The minimum atomic E-state index is 0.581. The first-order valence-electron chi connectivity index (χ1n) is 15.1. The van der Waals surface area contributed by atoms with Gasteiger partial charge in [-0.3, -0.25) is 0 Å². The summed E-state index contributed by atoms with van der Waals surface area (Å²) in [5.74, 6) is 0.581. The lowest BCUT2D eigenvalue weighted by molar-refractivity contribution is 0.668. The van der Waals surface area contributed by atoms with Crippen molar-refractivity contribution in [1.82, 2.24) is 14.5 Å². The molecule has 0 saturated carbocycles. The van der Waals surface area contributed by atoms with Crippen LogP contribution in [0.3, 0.4) is 0 Å². The number of hydrogen-bond acceptors (Lipinski definition) is 4. The van der Waals surface area contributed by atoms with Crippen molar-refractivity contribution >= 4 is 43.9 Å². The molecule has 214 valence electrons. The Kier molecular flexibility index (Phi) is 5.81. The smallest absolute Gasteiger partial charge is 0.180 e. The first kappa shape index (κ1) is 25.9. The van der Waals surface area contributed by atoms with Gasteiger partial charge in [0.1, 0.15) is 16.8 Å². The second kappa shape index (κ2) is 10.3. The summed E-state index contributed by atoms with van der Waals surface area (Å²) in [7, 11) is 0. The van der Waals surface area contributed by atoms with E-state index in [1.165, 1.54) is 21.8 Å². The zero-order valence-corrected chi connectivity index (χ0v) is 24.6. The van der Waals surface area contributed by atoms with E-state index in [-0.39, 0.29) is 0 Å². The molecular formula is C41H24N4O. The number of rotatable bonds is 4. The molecule has 5 nitrogen and oxygen atoms in total. The van der Waals surface area contributed by atoms with Gasteiger partial charge in [-0.25, -0.2) is 9.97 Å². The van der Waals surface area contributed by atoms with Crippen molar-refractivity contribution in [3.63, 3.8) is 0 Å². The Balaban J connectivity index is 1.27. The fourth-order valence-corrected chi connectivity index (χ4v) is 6.52. The molecule has 0 aliphatic rings. The molecule has 0 radical (unpaired) electrons. The van der Waals surface area contributed by atoms with Crippen LogP contribution in [-0.4, -0.2) is 14.5 Å². The summed E-state index contributed by atoms with van der Waals surface area (Å²) in [6.07, 6.45) is 0. The molecule has 9 rings (SSSR count). The molecule has 0 amide bonds. The summed E-state index contributed by atoms with van der Waals surface area (Å²) in [6.45, 7) is 0. The normalized spacial score (nSPS) is 11.5. The molecule has 0 bridgehead atoms. The topological polar surface area (TPSA) is 67.6 Å². The molecule has 9 aromatic rings. The third kappa shape index (κ3) is 4.02. The Bertz CT molecular complexity index is 2590. The van der Waals surface area contributed by atoms with Crippen molar-refractivity contribution in [2.75, 3.05) is 0 Å². The molecule has 6 aromatic carbocycles. The average Bonchev–Trinajstić information content (AvgIpc) is 3.68. The van der Waals surface area contributed by atoms with E-state index in [4.69, 9.17) is 14.4 Å². The molecule has 46 heavy (non-hydrogen) atoms. The van der Waals surface area contributed by atoms with E-state index in [1.807, 2.05) is 42.5 Å². The van der Waals surface area contributed by atoms with E-state index < -0.39 is 0 Å². The number of benzene rings is 6. The standard InChI is InChI=1S/C41H24N4O/c42-25-26-20-22-28(23-21-26)41-43-37(27-10-2-1-3-11-27)40-38(44-41)34-17-9-16-31(39(34)46-40)29-12-8-13-30(24-29)45-35-18-6-4-14-32(35)33-15-5-7-19-36(33)45/h1-24H. The summed E-state index contributed by atoms with van der Waals surface area (Å²) in [6, 6.07) is 51.6. The van der Waals surface area contributed by atoms with Gasteiger partial charge in [-0.15, -0.1) is 0 Å². The zero-order valence-electron chi connectivity index (χ0n) is 24.6. The van der Waals surface area contributed by atoms with Gasteiger partial charge < -0.3 is 8.98 Å². The van der Waals surface area contributed by atoms with E-state index in [0.29, 0.717) is 17.0 Å². The summed E-state index contributed by atoms with van der Waals surface area (Å²) in [5.41, 5.74) is 10.7. The Morgan fingerprint density at radius 3 is 1.93 bits per heavy atom. The van der Waals surface area contributed by atoms with Crippen LogP contribution in [0.2, 0.25) is 0 Å². The molecule has 0 N–H and O–H groups in total. The van der Waals surface area contributed by atoms with Crippen LogP contribution in [0.15, 0.2) is 150 Å². The van der Waals surface area contributed by atoms with E-state index in [2.05, 4.69) is 102 Å². The maximum Gasteiger partial charge on any atom is 0.180 e. The van der Waals surface area contributed by atoms with Crippen LogP contribution in [0.1, 0.15) is 5.56 Å². The minimum absolute atomic E-state index is 0.581. The molecule has 0 aliphatic carbocycles. The largest absolute Gasteiger partial charge is 0.451 e. The second-order valence-corrected chi connectivity index (χ2v) is 11.3. The van der Waals surface area contributed by atoms with Crippen LogP contribution in [0, 0.1) is 11.3 Å². The molecule has 0 saturated heterocycles. The summed E-state index contributed by atoms with van der Waals surface area (Å²) >= 11 is 0. The van der Waals surface area contributed by atoms with Crippen molar-refractivity contribution < 1.29 is 4.42 Å². The van der Waals surface area contributed by atoms with Gasteiger partial charge >= 0.3 is 0 Å². The van der Waals surface area contributed by atoms with Crippen molar-refractivity contribution in [1.29, 1.82) is 5.26 Å². The van der Waals surface area contributed by atoms with E-state index >= 15 is 0 Å². The number of para-hydroxylation sites is 3. The quantitative estimate of drug-likeness (QED) is 0.205. The Morgan fingerprint density at radius 1 is 0.543 bits per heavy atom. The van der Waals surface area contributed by atoms with Crippen LogP contribution < -0.4 is 0 Å². The van der Waals surface area contributed by atoms with E-state index in [1.54, 1.807) is 12.1 Å². The predicted molar refractivity (Wildman–Crippen MR) is 185 cm³/mol. The summed E-state index contributed by atoms with van der Waals surface area (Å²) in [5, 5.41) is 12.7. The molecule has 3 aromatic heterocycles. The number of hydrogen-bond donors (Lipinski definition) is 0. The highest BCUT2D eigenvalue weighted by molar-refractivity contribution is 6.12. The first-order valence-corrected chi connectivity index (χ1v) is 15.1. The average molecular weight is 589 g/mol. The van der Waals surface area contributed by atoms with E-state index in [0.717, 1.165) is 50.1 Å². The molecule has 0 spiro atoms. The third-order valence-corrected chi connectivity index (χ3v) is 8.65. The molecule has 3 heterocycles. The number of nitriles is 1. The number of fused-ring (bicyclic) bond motifs is 6. The Hall–Kier alpha value is -6.51. The number of aromatic nitrogens is 3. The molecule has 5 heteroatoms. The van der Waals surface area contributed by atoms with Crippen molar-refractivity contribution in [3.8, 4) is 45.5 Å².